The molecule has 0 aliphatic carbocycles. The van der Waals surface area contributed by atoms with Gasteiger partial charge in [-0.1, -0.05) is 13.0 Å². The molecule has 2 aliphatic heterocycles. The molecule has 2 unspecified atom stereocenters. The Kier molecular flexibility index (Phi) is 4.37. The number of nitrogens with zero attached hydrogens (tertiary/aromatic N) is 1. The van der Waals surface area contributed by atoms with Crippen molar-refractivity contribution >= 4 is 21.6 Å². The molecule has 2 fully saturated rings. The molecule has 1 aromatic carbocycles. The first-order chi connectivity index (χ1) is 9.69. The predicted molar refractivity (Wildman–Crippen MR) is 89.5 cm³/mol. The fourth-order valence-corrected chi connectivity index (χ4v) is 4.60. The predicted octanol–water partition coefficient (Wildman–Crippen LogP) is 4.26. The number of aryl methyl sites for hydroxylation is 1. The van der Waals surface area contributed by atoms with Crippen LogP contribution in [0, 0.1) is 6.92 Å². The van der Waals surface area contributed by atoms with Gasteiger partial charge in [0.1, 0.15) is 0 Å². The van der Waals surface area contributed by atoms with Gasteiger partial charge in [0.25, 0.3) is 0 Å². The summed E-state index contributed by atoms with van der Waals surface area (Å²) in [5.74, 6) is 0. The van der Waals surface area contributed by atoms with Crippen molar-refractivity contribution in [2.45, 2.75) is 64.1 Å². The van der Waals surface area contributed by atoms with E-state index >= 15 is 0 Å². The van der Waals surface area contributed by atoms with Crippen LogP contribution in [0.4, 0.5) is 5.69 Å². The van der Waals surface area contributed by atoms with Crippen LogP contribution in [-0.4, -0.2) is 24.7 Å². The van der Waals surface area contributed by atoms with Crippen molar-refractivity contribution < 1.29 is 0 Å². The molecule has 0 radical (unpaired) electrons. The average Bonchev–Trinajstić information content (AvgIpc) is 2.68. The summed E-state index contributed by atoms with van der Waals surface area (Å²) in [7, 11) is 0. The minimum Gasteiger partial charge on any atom is -0.365 e. The molecule has 3 heteroatoms. The molecule has 2 heterocycles. The van der Waals surface area contributed by atoms with Crippen molar-refractivity contribution in [3.8, 4) is 0 Å². The van der Waals surface area contributed by atoms with Gasteiger partial charge in [0.05, 0.1) is 5.69 Å². The highest BCUT2D eigenvalue weighted by Crippen LogP contribution is 2.42. The number of benzene rings is 1. The maximum absolute atomic E-state index is 3.77. The summed E-state index contributed by atoms with van der Waals surface area (Å²) in [6.07, 6.45) is 6.55. The van der Waals surface area contributed by atoms with Gasteiger partial charge in [0, 0.05) is 22.6 Å². The van der Waals surface area contributed by atoms with E-state index in [9.17, 15) is 0 Å². The first-order valence-electron chi connectivity index (χ1n) is 7.97. The van der Waals surface area contributed by atoms with Crippen molar-refractivity contribution in [3.63, 3.8) is 0 Å². The van der Waals surface area contributed by atoms with Crippen LogP contribution >= 0.6 is 15.9 Å². The summed E-state index contributed by atoms with van der Waals surface area (Å²) < 4.78 is 1.26. The number of piperidine rings is 1. The lowest BCUT2D eigenvalue weighted by Crippen LogP contribution is -2.49. The molecule has 0 aromatic heterocycles. The lowest BCUT2D eigenvalue weighted by molar-refractivity contribution is 0.356. The number of halogens is 1. The van der Waals surface area contributed by atoms with Crippen molar-refractivity contribution in [1.82, 2.24) is 5.32 Å². The number of fused-ring (bicyclic) bond motifs is 2. The zero-order valence-corrected chi connectivity index (χ0v) is 14.1. The molecule has 2 aliphatic rings. The summed E-state index contributed by atoms with van der Waals surface area (Å²) >= 11 is 3.77. The molecule has 3 rings (SSSR count). The lowest BCUT2D eigenvalue weighted by Gasteiger charge is -2.41. The van der Waals surface area contributed by atoms with E-state index in [0.717, 1.165) is 18.1 Å². The van der Waals surface area contributed by atoms with Gasteiger partial charge in [0.2, 0.25) is 0 Å². The van der Waals surface area contributed by atoms with Gasteiger partial charge in [-0.3, -0.25) is 0 Å². The Balaban J connectivity index is 1.76. The molecule has 110 valence electrons. The largest absolute Gasteiger partial charge is 0.365 e. The minimum atomic E-state index is 0.724. The van der Waals surface area contributed by atoms with Crippen LogP contribution in [0.15, 0.2) is 22.7 Å². The van der Waals surface area contributed by atoms with E-state index < -0.39 is 0 Å². The number of rotatable bonds is 4. The third kappa shape index (κ3) is 2.75. The lowest BCUT2D eigenvalue weighted by atomic mass is 9.96. The van der Waals surface area contributed by atoms with Gasteiger partial charge in [-0.15, -0.1) is 0 Å². The normalized spacial score (nSPS) is 28.9. The van der Waals surface area contributed by atoms with Gasteiger partial charge >= 0.3 is 0 Å². The maximum atomic E-state index is 3.77. The van der Waals surface area contributed by atoms with Gasteiger partial charge < -0.3 is 10.2 Å². The van der Waals surface area contributed by atoms with E-state index in [4.69, 9.17) is 0 Å². The van der Waals surface area contributed by atoms with E-state index in [0.29, 0.717) is 0 Å². The highest BCUT2D eigenvalue weighted by molar-refractivity contribution is 9.10. The summed E-state index contributed by atoms with van der Waals surface area (Å²) in [4.78, 5) is 2.69. The molecular weight excluding hydrogens is 312 g/mol. The van der Waals surface area contributed by atoms with Gasteiger partial charge in [-0.05, 0) is 79.2 Å². The van der Waals surface area contributed by atoms with Crippen LogP contribution in [-0.2, 0) is 0 Å². The zero-order chi connectivity index (χ0) is 14.1. The average molecular weight is 337 g/mol. The van der Waals surface area contributed by atoms with Gasteiger partial charge in [0.15, 0.2) is 0 Å². The van der Waals surface area contributed by atoms with E-state index in [2.05, 4.69) is 58.2 Å². The summed E-state index contributed by atoms with van der Waals surface area (Å²) in [5, 5.41) is 3.73. The zero-order valence-electron chi connectivity index (χ0n) is 12.5. The van der Waals surface area contributed by atoms with Crippen molar-refractivity contribution in [1.29, 1.82) is 0 Å². The van der Waals surface area contributed by atoms with Crippen LogP contribution in [0.5, 0.6) is 0 Å². The highest BCUT2D eigenvalue weighted by Gasteiger charge is 2.41. The van der Waals surface area contributed by atoms with Crippen LogP contribution < -0.4 is 10.2 Å². The molecule has 0 saturated carbocycles. The molecule has 2 saturated heterocycles. The maximum Gasteiger partial charge on any atom is 0.0515 e. The molecule has 2 bridgehead atoms. The molecule has 1 aromatic rings. The Hall–Kier alpha value is -0.540. The SMILES string of the molecule is CCCNC1CC2CCC(C1)N2c1ccc(C)cc1Br. The number of nitrogens with one attached hydrogen (secondary N) is 1. The smallest absolute Gasteiger partial charge is 0.0515 e. The third-order valence-electron chi connectivity index (χ3n) is 4.80. The number of hydrogen-bond acceptors (Lipinski definition) is 2. The van der Waals surface area contributed by atoms with Crippen LogP contribution in [0.3, 0.4) is 0 Å². The van der Waals surface area contributed by atoms with E-state index in [-0.39, 0.29) is 0 Å². The molecule has 2 atom stereocenters. The molecule has 2 nitrogen and oxygen atoms in total. The van der Waals surface area contributed by atoms with Gasteiger partial charge in [-0.2, -0.15) is 0 Å². The number of anilines is 1. The topological polar surface area (TPSA) is 15.3 Å². The second kappa shape index (κ2) is 6.07. The quantitative estimate of drug-likeness (QED) is 0.883. The fourth-order valence-electron chi connectivity index (χ4n) is 3.91. The Bertz CT molecular complexity index is 460. The molecular formula is C17H25BrN2. The van der Waals surface area contributed by atoms with Crippen molar-refractivity contribution in [2.24, 2.45) is 0 Å². The van der Waals surface area contributed by atoms with E-state index in [1.54, 1.807) is 0 Å². The Labute approximate surface area is 131 Å². The molecule has 0 spiro atoms. The Morgan fingerprint density at radius 1 is 1.25 bits per heavy atom. The minimum absolute atomic E-state index is 0.724. The summed E-state index contributed by atoms with van der Waals surface area (Å²) in [5.41, 5.74) is 2.73. The standard InChI is InChI=1S/C17H25BrN2/c1-3-8-19-13-10-14-5-6-15(11-13)20(14)17-7-4-12(2)9-16(17)18/h4,7,9,13-15,19H,3,5-6,8,10-11H2,1-2H3. The molecule has 0 amide bonds. The second-order valence-electron chi connectivity index (χ2n) is 6.37. The van der Waals surface area contributed by atoms with E-state index in [1.807, 2.05) is 0 Å². The molecule has 20 heavy (non-hydrogen) atoms. The number of hydrogen-bond donors (Lipinski definition) is 1. The summed E-state index contributed by atoms with van der Waals surface area (Å²) in [6.45, 7) is 5.57. The summed E-state index contributed by atoms with van der Waals surface area (Å²) in [6, 6.07) is 8.96. The van der Waals surface area contributed by atoms with Crippen molar-refractivity contribution in [2.75, 3.05) is 11.4 Å². The fraction of sp³-hybridized carbons (Fsp3) is 0.647. The van der Waals surface area contributed by atoms with Gasteiger partial charge in [-0.25, -0.2) is 0 Å². The first-order valence-corrected chi connectivity index (χ1v) is 8.76. The monoisotopic (exact) mass is 336 g/mol. The van der Waals surface area contributed by atoms with Crippen LogP contribution in [0.25, 0.3) is 0 Å². The first kappa shape index (κ1) is 14.4. The second-order valence-corrected chi connectivity index (χ2v) is 7.22. The molecule has 1 N–H and O–H groups in total. The van der Waals surface area contributed by atoms with E-state index in [1.165, 1.54) is 54.4 Å². The Morgan fingerprint density at radius 3 is 2.55 bits per heavy atom. The third-order valence-corrected chi connectivity index (χ3v) is 5.43. The van der Waals surface area contributed by atoms with Crippen LogP contribution in [0.1, 0.15) is 44.6 Å². The van der Waals surface area contributed by atoms with Crippen LogP contribution in [0.2, 0.25) is 0 Å². The van der Waals surface area contributed by atoms with Crippen molar-refractivity contribution in [3.05, 3.63) is 28.2 Å². The highest BCUT2D eigenvalue weighted by atomic mass is 79.9. The Morgan fingerprint density at radius 2 is 1.95 bits per heavy atom.